The molecule has 0 aliphatic rings. The molecular weight excluding hydrogens is 384 g/mol. The maximum atomic E-state index is 12.4. The highest BCUT2D eigenvalue weighted by molar-refractivity contribution is 5.95. The molecule has 0 saturated carbocycles. The largest absolute Gasteiger partial charge is 0.494 e. The molecule has 1 heterocycles. The average Bonchev–Trinajstić information content (AvgIpc) is 3.15. The minimum atomic E-state index is -0.522. The molecule has 8 heteroatoms. The quantitative estimate of drug-likeness (QED) is 0.555. The standard InChI is InChI=1S/C22H24N4O4/c1-3-29-18-11-5-15(6-12-18)13-24-21(27)16-7-9-17(10-8-16)26-20(23)19(14-25-26)22(28)30-4-2/h5-12,14H,3-4,13,23H2,1-2H3,(H,24,27). The van der Waals surface area contributed by atoms with Gasteiger partial charge in [0.1, 0.15) is 17.1 Å². The molecular formula is C22H24N4O4. The van der Waals surface area contributed by atoms with Crippen LogP contribution >= 0.6 is 0 Å². The van der Waals surface area contributed by atoms with Crippen molar-refractivity contribution in [3.05, 3.63) is 71.4 Å². The molecule has 3 N–H and O–H groups in total. The number of nitrogens with two attached hydrogens (primary N) is 1. The van der Waals surface area contributed by atoms with E-state index in [-0.39, 0.29) is 23.9 Å². The molecule has 0 aliphatic carbocycles. The predicted octanol–water partition coefficient (Wildman–Crippen LogP) is 2.96. The SMILES string of the molecule is CCOC(=O)c1cnn(-c2ccc(C(=O)NCc3ccc(OCC)cc3)cc2)c1N. The number of ether oxygens (including phenoxy) is 2. The lowest BCUT2D eigenvalue weighted by molar-refractivity contribution is 0.0527. The topological polar surface area (TPSA) is 108 Å². The first-order chi connectivity index (χ1) is 14.5. The number of nitrogens with one attached hydrogen (secondary N) is 1. The van der Waals surface area contributed by atoms with Gasteiger partial charge in [-0.1, -0.05) is 12.1 Å². The minimum absolute atomic E-state index is 0.182. The molecule has 1 amide bonds. The molecule has 0 aliphatic heterocycles. The molecule has 8 nitrogen and oxygen atoms in total. The van der Waals surface area contributed by atoms with Crippen LogP contribution in [0.2, 0.25) is 0 Å². The Labute approximate surface area is 174 Å². The number of hydrogen-bond acceptors (Lipinski definition) is 6. The van der Waals surface area contributed by atoms with Crippen LogP contribution in [0.15, 0.2) is 54.7 Å². The van der Waals surface area contributed by atoms with Gasteiger partial charge in [-0.2, -0.15) is 5.10 Å². The molecule has 0 atom stereocenters. The van der Waals surface area contributed by atoms with Gasteiger partial charge >= 0.3 is 5.97 Å². The fourth-order valence-corrected chi connectivity index (χ4v) is 2.84. The van der Waals surface area contributed by atoms with Crippen LogP contribution in [0.5, 0.6) is 5.75 Å². The van der Waals surface area contributed by atoms with E-state index >= 15 is 0 Å². The molecule has 3 aromatic rings. The third kappa shape index (κ3) is 4.78. The van der Waals surface area contributed by atoms with Gasteiger partial charge in [-0.3, -0.25) is 4.79 Å². The molecule has 0 fully saturated rings. The molecule has 0 spiro atoms. The molecule has 0 unspecified atom stereocenters. The Balaban J connectivity index is 1.64. The van der Waals surface area contributed by atoms with Crippen molar-refractivity contribution in [3.8, 4) is 11.4 Å². The first-order valence-corrected chi connectivity index (χ1v) is 9.64. The maximum absolute atomic E-state index is 12.4. The van der Waals surface area contributed by atoms with Crippen molar-refractivity contribution >= 4 is 17.7 Å². The summed E-state index contributed by atoms with van der Waals surface area (Å²) < 4.78 is 11.8. The lowest BCUT2D eigenvalue weighted by Gasteiger charge is -2.09. The van der Waals surface area contributed by atoms with E-state index in [1.54, 1.807) is 31.2 Å². The third-order valence-corrected chi connectivity index (χ3v) is 4.36. The highest BCUT2D eigenvalue weighted by Gasteiger charge is 2.17. The Kier molecular flexibility index (Phi) is 6.69. The number of benzene rings is 2. The number of anilines is 1. The number of nitrogen functional groups attached to an aromatic ring is 1. The fraction of sp³-hybridized carbons (Fsp3) is 0.227. The number of rotatable bonds is 8. The Bertz CT molecular complexity index is 1010. The highest BCUT2D eigenvalue weighted by atomic mass is 16.5. The van der Waals surface area contributed by atoms with Gasteiger partial charge < -0.3 is 20.5 Å². The molecule has 2 aromatic carbocycles. The summed E-state index contributed by atoms with van der Waals surface area (Å²) >= 11 is 0. The second-order valence-corrected chi connectivity index (χ2v) is 6.38. The second kappa shape index (κ2) is 9.60. The van der Waals surface area contributed by atoms with Crippen molar-refractivity contribution in [2.24, 2.45) is 0 Å². The Morgan fingerprint density at radius 2 is 1.73 bits per heavy atom. The van der Waals surface area contributed by atoms with E-state index in [0.717, 1.165) is 11.3 Å². The number of hydrogen-bond donors (Lipinski definition) is 2. The van der Waals surface area contributed by atoms with Gasteiger partial charge in [-0.05, 0) is 55.8 Å². The molecule has 1 aromatic heterocycles. The van der Waals surface area contributed by atoms with Gasteiger partial charge in [-0.15, -0.1) is 0 Å². The molecule has 0 bridgehead atoms. The number of esters is 1. The number of amides is 1. The lowest BCUT2D eigenvalue weighted by Crippen LogP contribution is -2.22. The Hall–Kier alpha value is -3.81. The van der Waals surface area contributed by atoms with Crippen molar-refractivity contribution < 1.29 is 19.1 Å². The highest BCUT2D eigenvalue weighted by Crippen LogP contribution is 2.19. The Morgan fingerprint density at radius 1 is 1.03 bits per heavy atom. The van der Waals surface area contributed by atoms with Gasteiger partial charge in [0.15, 0.2) is 0 Å². The van der Waals surface area contributed by atoms with Crippen molar-refractivity contribution in [2.45, 2.75) is 20.4 Å². The van der Waals surface area contributed by atoms with Crippen molar-refractivity contribution in [2.75, 3.05) is 18.9 Å². The van der Waals surface area contributed by atoms with E-state index in [1.165, 1.54) is 10.9 Å². The van der Waals surface area contributed by atoms with Gasteiger partial charge in [-0.25, -0.2) is 9.48 Å². The summed E-state index contributed by atoms with van der Waals surface area (Å²) in [5, 5.41) is 7.02. The van der Waals surface area contributed by atoms with E-state index in [4.69, 9.17) is 15.2 Å². The third-order valence-electron chi connectivity index (χ3n) is 4.36. The zero-order chi connectivity index (χ0) is 21.5. The average molecular weight is 408 g/mol. The fourth-order valence-electron chi connectivity index (χ4n) is 2.84. The molecule has 156 valence electrons. The normalized spacial score (nSPS) is 10.5. The predicted molar refractivity (Wildman–Crippen MR) is 113 cm³/mol. The lowest BCUT2D eigenvalue weighted by atomic mass is 10.1. The zero-order valence-corrected chi connectivity index (χ0v) is 16.9. The molecule has 0 radical (unpaired) electrons. The molecule has 0 saturated heterocycles. The van der Waals surface area contributed by atoms with Crippen molar-refractivity contribution in [1.29, 1.82) is 0 Å². The van der Waals surface area contributed by atoms with Gasteiger partial charge in [0.05, 0.1) is 25.1 Å². The van der Waals surface area contributed by atoms with Crippen molar-refractivity contribution in [1.82, 2.24) is 15.1 Å². The minimum Gasteiger partial charge on any atom is -0.494 e. The van der Waals surface area contributed by atoms with E-state index < -0.39 is 5.97 Å². The number of carbonyl (C=O) groups is 2. The summed E-state index contributed by atoms with van der Waals surface area (Å²) in [5.74, 6) is 0.260. The summed E-state index contributed by atoms with van der Waals surface area (Å²) in [6, 6.07) is 14.3. The summed E-state index contributed by atoms with van der Waals surface area (Å²) in [6.07, 6.45) is 1.37. The van der Waals surface area contributed by atoms with Crippen LogP contribution in [0.3, 0.4) is 0 Å². The number of aromatic nitrogens is 2. The number of carbonyl (C=O) groups excluding carboxylic acids is 2. The second-order valence-electron chi connectivity index (χ2n) is 6.38. The molecule has 3 rings (SSSR count). The summed E-state index contributed by atoms with van der Waals surface area (Å²) in [6.45, 7) is 4.92. The van der Waals surface area contributed by atoms with E-state index in [1.807, 2.05) is 31.2 Å². The maximum Gasteiger partial charge on any atom is 0.343 e. The first kappa shape index (κ1) is 20.9. The van der Waals surface area contributed by atoms with Crippen LogP contribution < -0.4 is 15.8 Å². The van der Waals surface area contributed by atoms with Crippen LogP contribution in [0, 0.1) is 0 Å². The van der Waals surface area contributed by atoms with E-state index in [2.05, 4.69) is 10.4 Å². The molecule has 30 heavy (non-hydrogen) atoms. The monoisotopic (exact) mass is 408 g/mol. The smallest absolute Gasteiger partial charge is 0.343 e. The van der Waals surface area contributed by atoms with Gasteiger partial charge in [0, 0.05) is 12.1 Å². The Morgan fingerprint density at radius 3 is 2.37 bits per heavy atom. The van der Waals surface area contributed by atoms with E-state index in [0.29, 0.717) is 24.4 Å². The van der Waals surface area contributed by atoms with Gasteiger partial charge in [0.25, 0.3) is 5.91 Å². The van der Waals surface area contributed by atoms with Gasteiger partial charge in [0.2, 0.25) is 0 Å². The van der Waals surface area contributed by atoms with E-state index in [9.17, 15) is 9.59 Å². The summed E-state index contributed by atoms with van der Waals surface area (Å²) in [4.78, 5) is 24.3. The van der Waals surface area contributed by atoms with Crippen LogP contribution in [-0.2, 0) is 11.3 Å². The summed E-state index contributed by atoms with van der Waals surface area (Å²) in [5.41, 5.74) is 8.32. The van der Waals surface area contributed by atoms with Crippen LogP contribution in [0.25, 0.3) is 5.69 Å². The first-order valence-electron chi connectivity index (χ1n) is 9.64. The van der Waals surface area contributed by atoms with Crippen molar-refractivity contribution in [3.63, 3.8) is 0 Å². The van der Waals surface area contributed by atoms with Crippen LogP contribution in [-0.4, -0.2) is 34.9 Å². The number of nitrogens with zero attached hydrogens (tertiary/aromatic N) is 2. The van der Waals surface area contributed by atoms with Crippen LogP contribution in [0.1, 0.15) is 40.1 Å². The van der Waals surface area contributed by atoms with Crippen LogP contribution in [0.4, 0.5) is 5.82 Å². The zero-order valence-electron chi connectivity index (χ0n) is 16.9. The summed E-state index contributed by atoms with van der Waals surface area (Å²) in [7, 11) is 0.